The van der Waals surface area contributed by atoms with E-state index in [2.05, 4.69) is 27.0 Å². The fourth-order valence-electron chi connectivity index (χ4n) is 4.05. The molecule has 0 unspecified atom stereocenters. The second kappa shape index (κ2) is 9.23. The lowest BCUT2D eigenvalue weighted by Gasteiger charge is -2.33. The molecule has 1 aromatic heterocycles. The van der Waals surface area contributed by atoms with Crippen molar-refractivity contribution in [3.63, 3.8) is 0 Å². The van der Waals surface area contributed by atoms with Gasteiger partial charge in [0.1, 0.15) is 11.0 Å². The number of nitrogens with zero attached hydrogens (tertiary/aromatic N) is 3. The number of thioether (sulfide) groups is 1. The third-order valence-electron chi connectivity index (χ3n) is 5.84. The molecule has 3 aromatic carbocycles. The molecule has 0 fully saturated rings. The maximum Gasteiger partial charge on any atom is 0.240 e. The lowest BCUT2D eigenvalue weighted by atomic mass is 10.0. The van der Waals surface area contributed by atoms with Gasteiger partial charge in [0.2, 0.25) is 11.1 Å². The van der Waals surface area contributed by atoms with Gasteiger partial charge in [-0.05, 0) is 43.2 Å². The van der Waals surface area contributed by atoms with Crippen molar-refractivity contribution in [2.24, 2.45) is 0 Å². The molecule has 4 aromatic rings. The Morgan fingerprint density at radius 2 is 1.79 bits per heavy atom. The van der Waals surface area contributed by atoms with E-state index in [0.717, 1.165) is 33.7 Å². The van der Waals surface area contributed by atoms with E-state index in [0.29, 0.717) is 11.0 Å². The van der Waals surface area contributed by atoms with E-state index in [-0.39, 0.29) is 11.9 Å². The fourth-order valence-corrected chi connectivity index (χ4v) is 5.13. The Bertz CT molecular complexity index is 1320. The van der Waals surface area contributed by atoms with Crippen molar-refractivity contribution in [1.82, 2.24) is 14.9 Å². The van der Waals surface area contributed by atoms with Crippen molar-refractivity contribution in [2.75, 3.05) is 17.9 Å². The van der Waals surface area contributed by atoms with E-state index >= 15 is 0 Å². The highest BCUT2D eigenvalue weighted by Gasteiger charge is 2.38. The SMILES string of the molecule is COc1ccc([C@H]2Nn3c(nnc3-c3ccccc3)S[C@H]2C(=O)Nc2ccc(C)cc2C)cc1. The number of aryl methyl sites for hydroxylation is 2. The Morgan fingerprint density at radius 3 is 2.50 bits per heavy atom. The molecule has 5 rings (SSSR count). The molecule has 1 amide bonds. The molecule has 2 heterocycles. The molecule has 7 nitrogen and oxygen atoms in total. The van der Waals surface area contributed by atoms with Gasteiger partial charge in [0.25, 0.3) is 0 Å². The van der Waals surface area contributed by atoms with E-state index in [1.165, 1.54) is 11.8 Å². The van der Waals surface area contributed by atoms with Crippen LogP contribution in [-0.2, 0) is 4.79 Å². The number of rotatable bonds is 5. The van der Waals surface area contributed by atoms with E-state index in [4.69, 9.17) is 4.74 Å². The zero-order valence-corrected chi connectivity index (χ0v) is 20.0. The second-order valence-corrected chi connectivity index (χ2v) is 9.34. The summed E-state index contributed by atoms with van der Waals surface area (Å²) < 4.78 is 7.19. The molecule has 172 valence electrons. The minimum atomic E-state index is -0.463. The monoisotopic (exact) mass is 471 g/mol. The summed E-state index contributed by atoms with van der Waals surface area (Å²) in [6.45, 7) is 4.04. The number of hydrogen-bond acceptors (Lipinski definition) is 6. The molecule has 1 aliphatic heterocycles. The first kappa shape index (κ1) is 22.0. The summed E-state index contributed by atoms with van der Waals surface area (Å²) in [5.41, 5.74) is 8.41. The first-order valence-corrected chi connectivity index (χ1v) is 11.9. The van der Waals surface area contributed by atoms with Crippen LogP contribution in [0.3, 0.4) is 0 Å². The summed E-state index contributed by atoms with van der Waals surface area (Å²) in [7, 11) is 1.64. The Labute approximate surface area is 202 Å². The molecule has 0 spiro atoms. The van der Waals surface area contributed by atoms with E-state index in [1.54, 1.807) is 7.11 Å². The van der Waals surface area contributed by atoms with E-state index < -0.39 is 5.25 Å². The van der Waals surface area contributed by atoms with Crippen molar-refractivity contribution in [3.8, 4) is 17.1 Å². The standard InChI is InChI=1S/C26H25N5O2S/c1-16-9-14-21(17(2)15-16)27-25(32)23-22(18-10-12-20(33-3)13-11-18)30-31-24(28-29-26(31)34-23)19-7-5-4-6-8-19/h4-15,22-23,30H,1-3H3,(H,27,32)/t22-,23-/m1/s1. The van der Waals surface area contributed by atoms with Crippen LogP contribution in [0.5, 0.6) is 5.75 Å². The Kier molecular flexibility index (Phi) is 5.98. The summed E-state index contributed by atoms with van der Waals surface area (Å²) in [6, 6.07) is 23.3. The van der Waals surface area contributed by atoms with Gasteiger partial charge in [-0.3, -0.25) is 4.79 Å². The van der Waals surface area contributed by atoms with Gasteiger partial charge in [-0.25, -0.2) is 4.68 Å². The molecule has 1 aliphatic rings. The maximum absolute atomic E-state index is 13.5. The smallest absolute Gasteiger partial charge is 0.240 e. The van der Waals surface area contributed by atoms with Crippen LogP contribution in [0.4, 0.5) is 5.69 Å². The van der Waals surface area contributed by atoms with Crippen LogP contribution >= 0.6 is 11.8 Å². The zero-order valence-electron chi connectivity index (χ0n) is 19.1. The summed E-state index contributed by atoms with van der Waals surface area (Å²) in [5.74, 6) is 1.37. The van der Waals surface area contributed by atoms with Gasteiger partial charge >= 0.3 is 0 Å². The normalized spacial score (nSPS) is 16.9. The predicted molar refractivity (Wildman–Crippen MR) is 135 cm³/mol. The maximum atomic E-state index is 13.5. The number of carbonyl (C=O) groups is 1. The highest BCUT2D eigenvalue weighted by molar-refractivity contribution is 8.00. The van der Waals surface area contributed by atoms with Crippen LogP contribution in [0.25, 0.3) is 11.4 Å². The third-order valence-corrected chi connectivity index (χ3v) is 7.06. The van der Waals surface area contributed by atoms with Crippen LogP contribution in [0, 0.1) is 13.8 Å². The summed E-state index contributed by atoms with van der Waals surface area (Å²) in [6.07, 6.45) is 0. The number of nitrogens with one attached hydrogen (secondary N) is 2. The molecule has 0 aliphatic carbocycles. The van der Waals surface area contributed by atoms with Crippen LogP contribution in [0.1, 0.15) is 22.7 Å². The van der Waals surface area contributed by atoms with Crippen LogP contribution in [0.15, 0.2) is 78.0 Å². The Morgan fingerprint density at radius 1 is 1.03 bits per heavy atom. The lowest BCUT2D eigenvalue weighted by molar-refractivity contribution is -0.116. The lowest BCUT2D eigenvalue weighted by Crippen LogP contribution is -2.41. The number of benzene rings is 3. The average Bonchev–Trinajstić information content (AvgIpc) is 3.28. The minimum absolute atomic E-state index is 0.0965. The van der Waals surface area contributed by atoms with E-state index in [1.807, 2.05) is 85.3 Å². The molecule has 2 atom stereocenters. The van der Waals surface area contributed by atoms with Crippen LogP contribution in [0.2, 0.25) is 0 Å². The minimum Gasteiger partial charge on any atom is -0.497 e. The summed E-state index contributed by atoms with van der Waals surface area (Å²) in [4.78, 5) is 13.5. The molecular weight excluding hydrogens is 446 g/mol. The summed E-state index contributed by atoms with van der Waals surface area (Å²) >= 11 is 1.41. The molecule has 2 N–H and O–H groups in total. The predicted octanol–water partition coefficient (Wildman–Crippen LogP) is 4.97. The van der Waals surface area contributed by atoms with Gasteiger partial charge in [-0.1, -0.05) is 71.9 Å². The van der Waals surface area contributed by atoms with Crippen LogP contribution in [-0.4, -0.2) is 33.1 Å². The quantitative estimate of drug-likeness (QED) is 0.428. The number of carbonyl (C=O) groups excluding carboxylic acids is 1. The number of ether oxygens (including phenoxy) is 1. The fraction of sp³-hybridized carbons (Fsp3) is 0.192. The average molecular weight is 472 g/mol. The van der Waals surface area contributed by atoms with Crippen molar-refractivity contribution in [3.05, 3.63) is 89.5 Å². The molecule has 8 heteroatoms. The Balaban J connectivity index is 1.51. The second-order valence-electron chi connectivity index (χ2n) is 8.23. The molecule has 0 radical (unpaired) electrons. The van der Waals surface area contributed by atoms with Crippen molar-refractivity contribution >= 4 is 23.4 Å². The van der Waals surface area contributed by atoms with Crippen molar-refractivity contribution < 1.29 is 9.53 Å². The van der Waals surface area contributed by atoms with Gasteiger partial charge in [-0.2, -0.15) is 0 Å². The largest absolute Gasteiger partial charge is 0.497 e. The van der Waals surface area contributed by atoms with Crippen molar-refractivity contribution in [1.29, 1.82) is 0 Å². The van der Waals surface area contributed by atoms with Gasteiger partial charge in [0.15, 0.2) is 5.82 Å². The van der Waals surface area contributed by atoms with Crippen LogP contribution < -0.4 is 15.5 Å². The van der Waals surface area contributed by atoms with Gasteiger partial charge in [0.05, 0.1) is 13.2 Å². The first-order valence-electron chi connectivity index (χ1n) is 11.0. The number of methoxy groups -OCH3 is 1. The van der Waals surface area contributed by atoms with E-state index in [9.17, 15) is 4.79 Å². The molecule has 34 heavy (non-hydrogen) atoms. The summed E-state index contributed by atoms with van der Waals surface area (Å²) in [5, 5.41) is 12.1. The third kappa shape index (κ3) is 4.24. The van der Waals surface area contributed by atoms with Crippen molar-refractivity contribution in [2.45, 2.75) is 30.3 Å². The highest BCUT2D eigenvalue weighted by atomic mass is 32.2. The first-order chi connectivity index (χ1) is 16.5. The van der Waals surface area contributed by atoms with Gasteiger partial charge in [0, 0.05) is 11.3 Å². The topological polar surface area (TPSA) is 81.1 Å². The van der Waals surface area contributed by atoms with Gasteiger partial charge in [-0.15, -0.1) is 10.2 Å². The molecule has 0 saturated carbocycles. The molecule has 0 bridgehead atoms. The zero-order chi connectivity index (χ0) is 23.7. The Hall–Kier alpha value is -3.78. The molecule has 0 saturated heterocycles. The number of amides is 1. The molecular formula is C26H25N5O2S. The number of anilines is 1. The number of aromatic nitrogens is 3. The van der Waals surface area contributed by atoms with Gasteiger partial charge < -0.3 is 15.5 Å². The number of hydrogen-bond donors (Lipinski definition) is 2. The number of fused-ring (bicyclic) bond motifs is 1. The highest BCUT2D eigenvalue weighted by Crippen LogP contribution is 2.39.